The summed E-state index contributed by atoms with van der Waals surface area (Å²) in [6.45, 7) is 4.42. The van der Waals surface area contributed by atoms with E-state index in [0.717, 1.165) is 0 Å². The molecule has 132 valence electrons. The van der Waals surface area contributed by atoms with Crippen molar-refractivity contribution >= 4 is 11.9 Å². The van der Waals surface area contributed by atoms with Crippen molar-refractivity contribution < 1.29 is 19.1 Å². The minimum atomic E-state index is -0.592. The molecule has 0 bridgehead atoms. The normalized spacial score (nSPS) is 19.7. The second kappa shape index (κ2) is 6.51. The summed E-state index contributed by atoms with van der Waals surface area (Å²) in [5, 5.41) is 2.91. The number of carbonyl (C=O) groups is 2. The molecule has 2 aliphatic heterocycles. The molecule has 0 saturated carbocycles. The zero-order valence-corrected chi connectivity index (χ0v) is 14.5. The third-order valence-corrected chi connectivity index (χ3v) is 4.46. The molecule has 7 heteroatoms. The molecule has 1 aromatic carbocycles. The van der Waals surface area contributed by atoms with Crippen molar-refractivity contribution in [3.05, 3.63) is 47.7 Å². The van der Waals surface area contributed by atoms with Gasteiger partial charge in [-0.2, -0.15) is 0 Å². The van der Waals surface area contributed by atoms with Crippen molar-refractivity contribution in [3.63, 3.8) is 0 Å². The Morgan fingerprint density at radius 2 is 2.08 bits per heavy atom. The molecule has 2 aliphatic rings. The molecule has 25 heavy (non-hydrogen) atoms. The lowest BCUT2D eigenvalue weighted by atomic mass is 9.94. The summed E-state index contributed by atoms with van der Waals surface area (Å²) in [6.07, 6.45) is 1.64. The van der Waals surface area contributed by atoms with Crippen molar-refractivity contribution in [1.29, 1.82) is 0 Å². The van der Waals surface area contributed by atoms with Gasteiger partial charge in [-0.25, -0.2) is 4.79 Å². The number of hydrogen-bond acceptors (Lipinski definition) is 4. The van der Waals surface area contributed by atoms with E-state index in [-0.39, 0.29) is 11.9 Å². The summed E-state index contributed by atoms with van der Waals surface area (Å²) in [4.78, 5) is 28.5. The SMILES string of the molecule is C=CCN1C(=O)N[C@H](c2cc(OC)ccc2OC)C2=C1CN(C)C2=O. The van der Waals surface area contributed by atoms with E-state index in [1.807, 2.05) is 0 Å². The van der Waals surface area contributed by atoms with Gasteiger partial charge >= 0.3 is 6.03 Å². The maximum atomic E-state index is 12.7. The molecule has 0 aromatic heterocycles. The van der Waals surface area contributed by atoms with Crippen molar-refractivity contribution in [2.75, 3.05) is 34.4 Å². The van der Waals surface area contributed by atoms with E-state index in [2.05, 4.69) is 11.9 Å². The van der Waals surface area contributed by atoms with E-state index in [1.54, 1.807) is 55.3 Å². The first-order chi connectivity index (χ1) is 12.0. The van der Waals surface area contributed by atoms with Crippen molar-refractivity contribution in [1.82, 2.24) is 15.1 Å². The number of amides is 3. The first-order valence-corrected chi connectivity index (χ1v) is 7.91. The maximum Gasteiger partial charge on any atom is 0.322 e. The summed E-state index contributed by atoms with van der Waals surface area (Å²) in [6, 6.07) is 4.46. The fourth-order valence-electron chi connectivity index (χ4n) is 3.25. The van der Waals surface area contributed by atoms with E-state index in [9.17, 15) is 9.59 Å². The highest BCUT2D eigenvalue weighted by Gasteiger charge is 2.43. The van der Waals surface area contributed by atoms with E-state index < -0.39 is 6.04 Å². The van der Waals surface area contributed by atoms with Crippen molar-refractivity contribution in [2.45, 2.75) is 6.04 Å². The van der Waals surface area contributed by atoms with Crippen LogP contribution in [0.4, 0.5) is 4.79 Å². The van der Waals surface area contributed by atoms with Gasteiger partial charge in [0.15, 0.2) is 0 Å². The van der Waals surface area contributed by atoms with Crippen LogP contribution in [-0.2, 0) is 4.79 Å². The quantitative estimate of drug-likeness (QED) is 0.826. The molecule has 0 unspecified atom stereocenters. The molecule has 2 heterocycles. The van der Waals surface area contributed by atoms with E-state index in [0.29, 0.717) is 41.4 Å². The van der Waals surface area contributed by atoms with Crippen molar-refractivity contribution in [3.8, 4) is 11.5 Å². The summed E-state index contributed by atoms with van der Waals surface area (Å²) in [5.41, 5.74) is 1.94. The zero-order chi connectivity index (χ0) is 18.1. The lowest BCUT2D eigenvalue weighted by molar-refractivity contribution is -0.124. The zero-order valence-electron chi connectivity index (χ0n) is 14.5. The monoisotopic (exact) mass is 343 g/mol. The number of rotatable bonds is 5. The lowest BCUT2D eigenvalue weighted by Crippen LogP contribution is -2.47. The highest BCUT2D eigenvalue weighted by Crippen LogP contribution is 2.40. The first-order valence-electron chi connectivity index (χ1n) is 7.91. The highest BCUT2D eigenvalue weighted by molar-refractivity contribution is 6.01. The van der Waals surface area contributed by atoms with Crippen LogP contribution in [0.1, 0.15) is 11.6 Å². The van der Waals surface area contributed by atoms with Gasteiger partial charge in [0.2, 0.25) is 0 Å². The molecule has 1 N–H and O–H groups in total. The van der Waals surface area contributed by atoms with E-state index >= 15 is 0 Å². The smallest absolute Gasteiger partial charge is 0.322 e. The second-order valence-electron chi connectivity index (χ2n) is 5.91. The average Bonchev–Trinajstić information content (AvgIpc) is 2.91. The molecule has 0 fully saturated rings. The Morgan fingerprint density at radius 1 is 1.32 bits per heavy atom. The van der Waals surface area contributed by atoms with Crippen LogP contribution in [-0.4, -0.2) is 56.1 Å². The number of methoxy groups -OCH3 is 2. The summed E-state index contributed by atoms with van der Waals surface area (Å²) < 4.78 is 10.7. The molecule has 1 atom stereocenters. The molecule has 0 aliphatic carbocycles. The maximum absolute atomic E-state index is 12.7. The molecular weight excluding hydrogens is 322 g/mol. The standard InChI is InChI=1S/C18H21N3O4/c1-5-8-21-13-10-20(2)17(22)15(13)16(19-18(21)23)12-9-11(24-3)6-7-14(12)25-4/h5-7,9,16H,1,8,10H2,2-4H3,(H,19,23)/t16-/m1/s1. The van der Waals surface area contributed by atoms with Crippen LogP contribution in [0, 0.1) is 0 Å². The minimum Gasteiger partial charge on any atom is -0.497 e. The van der Waals surface area contributed by atoms with Crippen LogP contribution in [0.5, 0.6) is 11.5 Å². The number of hydrogen-bond donors (Lipinski definition) is 1. The average molecular weight is 343 g/mol. The fourth-order valence-corrected chi connectivity index (χ4v) is 3.25. The Balaban J connectivity index is 2.15. The van der Waals surface area contributed by atoms with Crippen LogP contribution in [0.15, 0.2) is 42.1 Å². The number of urea groups is 1. The molecular formula is C18H21N3O4. The molecule has 3 rings (SSSR count). The van der Waals surface area contributed by atoms with Crippen LogP contribution in [0.3, 0.4) is 0 Å². The second-order valence-corrected chi connectivity index (χ2v) is 5.91. The Labute approximate surface area is 146 Å². The van der Waals surface area contributed by atoms with Gasteiger partial charge in [0.1, 0.15) is 11.5 Å². The van der Waals surface area contributed by atoms with Gasteiger partial charge < -0.3 is 19.7 Å². The molecule has 0 saturated heterocycles. The van der Waals surface area contributed by atoms with Crippen LogP contribution in [0.25, 0.3) is 0 Å². The minimum absolute atomic E-state index is 0.112. The van der Waals surface area contributed by atoms with Gasteiger partial charge in [-0.15, -0.1) is 6.58 Å². The highest BCUT2D eigenvalue weighted by atomic mass is 16.5. The molecule has 7 nitrogen and oxygen atoms in total. The van der Waals surface area contributed by atoms with Crippen LogP contribution in [0.2, 0.25) is 0 Å². The Morgan fingerprint density at radius 3 is 2.72 bits per heavy atom. The number of benzene rings is 1. The van der Waals surface area contributed by atoms with Gasteiger partial charge in [-0.1, -0.05) is 6.08 Å². The number of nitrogens with one attached hydrogen (secondary N) is 1. The topological polar surface area (TPSA) is 71.1 Å². The molecule has 0 spiro atoms. The number of ether oxygens (including phenoxy) is 2. The summed E-state index contributed by atoms with van der Waals surface area (Å²) in [5.74, 6) is 1.09. The third-order valence-electron chi connectivity index (χ3n) is 4.46. The molecule has 0 radical (unpaired) electrons. The predicted octanol–water partition coefficient (Wildman–Crippen LogP) is 1.68. The van der Waals surface area contributed by atoms with Crippen LogP contribution < -0.4 is 14.8 Å². The Kier molecular flexibility index (Phi) is 4.39. The van der Waals surface area contributed by atoms with Crippen LogP contribution >= 0.6 is 0 Å². The Bertz CT molecular complexity index is 772. The molecule has 3 amide bonds. The number of carbonyl (C=O) groups excluding carboxylic acids is 2. The van der Waals surface area contributed by atoms with Gasteiger partial charge in [-0.05, 0) is 18.2 Å². The van der Waals surface area contributed by atoms with Gasteiger partial charge in [0.05, 0.1) is 38.1 Å². The van der Waals surface area contributed by atoms with Crippen molar-refractivity contribution in [2.24, 2.45) is 0 Å². The third kappa shape index (κ3) is 2.71. The number of nitrogens with zero attached hydrogens (tertiary/aromatic N) is 2. The Hall–Kier alpha value is -2.96. The summed E-state index contributed by atoms with van der Waals surface area (Å²) >= 11 is 0. The first kappa shape index (κ1) is 16.9. The van der Waals surface area contributed by atoms with E-state index in [4.69, 9.17) is 9.47 Å². The fraction of sp³-hybridized carbons (Fsp3) is 0.333. The largest absolute Gasteiger partial charge is 0.497 e. The van der Waals surface area contributed by atoms with E-state index in [1.165, 1.54) is 0 Å². The van der Waals surface area contributed by atoms with Gasteiger partial charge in [0.25, 0.3) is 5.91 Å². The molecule has 1 aromatic rings. The lowest BCUT2D eigenvalue weighted by Gasteiger charge is -2.33. The van der Waals surface area contributed by atoms with Gasteiger partial charge in [0, 0.05) is 19.2 Å². The predicted molar refractivity (Wildman–Crippen MR) is 92.4 cm³/mol. The number of likely N-dealkylation sites (N-methyl/N-ethyl adjacent to an activating group) is 1. The van der Waals surface area contributed by atoms with Gasteiger partial charge in [-0.3, -0.25) is 9.69 Å². The summed E-state index contributed by atoms with van der Waals surface area (Å²) in [7, 11) is 4.84.